The van der Waals surface area contributed by atoms with Crippen LogP contribution >= 0.6 is 11.6 Å². The van der Waals surface area contributed by atoms with Crippen LogP contribution < -0.4 is 9.64 Å². The summed E-state index contributed by atoms with van der Waals surface area (Å²) in [5.74, 6) is 1.75. The molecule has 7 nitrogen and oxygen atoms in total. The molecule has 0 amide bonds. The van der Waals surface area contributed by atoms with E-state index in [9.17, 15) is 8.78 Å². The average molecular weight is 462 g/mol. The zero-order chi connectivity index (χ0) is 22.3. The highest BCUT2D eigenvalue weighted by atomic mass is 35.5. The lowest BCUT2D eigenvalue weighted by Crippen LogP contribution is -2.29. The summed E-state index contributed by atoms with van der Waals surface area (Å²) in [6.45, 7) is 1.01. The van der Waals surface area contributed by atoms with Gasteiger partial charge in [-0.15, -0.1) is 10.2 Å². The highest BCUT2D eigenvalue weighted by Crippen LogP contribution is 2.60. The molecule has 0 radical (unpaired) electrons. The number of methoxy groups -OCH3 is 1. The Balaban J connectivity index is 1.47. The number of hydrogen-bond acceptors (Lipinski definition) is 6. The third-order valence-electron chi connectivity index (χ3n) is 6.25. The Morgan fingerprint density at radius 1 is 1.25 bits per heavy atom. The van der Waals surface area contributed by atoms with E-state index in [-0.39, 0.29) is 24.4 Å². The normalized spacial score (nSPS) is 21.6. The minimum absolute atomic E-state index is 0.0129. The molecule has 1 aromatic carbocycles. The molecule has 0 spiro atoms. The minimum atomic E-state index is -0.570. The second-order valence-corrected chi connectivity index (χ2v) is 8.52. The first-order valence-electron chi connectivity index (χ1n) is 10.3. The number of hydrogen-bond donors (Lipinski definition) is 0. The maximum absolute atomic E-state index is 13.6. The van der Waals surface area contributed by atoms with Gasteiger partial charge in [0.15, 0.2) is 5.82 Å². The van der Waals surface area contributed by atoms with Crippen molar-refractivity contribution in [2.45, 2.75) is 18.4 Å². The van der Waals surface area contributed by atoms with Gasteiger partial charge in [0.25, 0.3) is 0 Å². The minimum Gasteiger partial charge on any atom is -0.481 e. The van der Waals surface area contributed by atoms with Gasteiger partial charge in [0.1, 0.15) is 19.1 Å². The predicted octanol–water partition coefficient (Wildman–Crippen LogP) is 3.73. The molecule has 1 saturated carbocycles. The molecule has 2 atom stereocenters. The molecule has 1 saturated heterocycles. The van der Waals surface area contributed by atoms with Crippen molar-refractivity contribution in [2.75, 3.05) is 38.4 Å². The molecule has 0 N–H and O–H groups in total. The highest BCUT2D eigenvalue weighted by molar-refractivity contribution is 6.31. The number of ether oxygens (including phenoxy) is 2. The van der Waals surface area contributed by atoms with Crippen molar-refractivity contribution in [3.8, 4) is 11.6 Å². The summed E-state index contributed by atoms with van der Waals surface area (Å²) in [6.07, 6.45) is 2.67. The van der Waals surface area contributed by atoms with Crippen molar-refractivity contribution < 1.29 is 18.3 Å². The van der Waals surface area contributed by atoms with Crippen LogP contribution in [0.25, 0.3) is 5.69 Å². The molecular formula is C22H22ClF2N5O2. The molecule has 5 rings (SSSR count). The SMILES string of the molecule is COc1ccc(-n2c(COCCF)nnc2N2C[C@@H]3C[C@]3(c3ccc(F)cc3Cl)C2)cn1. The lowest BCUT2D eigenvalue weighted by molar-refractivity contribution is 0.101. The van der Waals surface area contributed by atoms with Gasteiger partial charge in [-0.3, -0.25) is 4.57 Å². The van der Waals surface area contributed by atoms with E-state index in [1.165, 1.54) is 12.1 Å². The third kappa shape index (κ3) is 3.59. The number of alkyl halides is 1. The van der Waals surface area contributed by atoms with Gasteiger partial charge in [0, 0.05) is 29.6 Å². The van der Waals surface area contributed by atoms with E-state index in [2.05, 4.69) is 20.1 Å². The van der Waals surface area contributed by atoms with Gasteiger partial charge in [0.2, 0.25) is 11.8 Å². The molecule has 32 heavy (non-hydrogen) atoms. The van der Waals surface area contributed by atoms with E-state index in [0.717, 1.165) is 24.2 Å². The standard InChI is InChI=1S/C22H22ClF2N5O2/c1-31-20-5-3-16(10-26-20)30-19(12-32-7-6-24)27-28-21(30)29-11-14-9-22(14,13-29)17-4-2-15(25)8-18(17)23/h2-5,8,10,14H,6-7,9,11-13H2,1H3/t14-,22-/m0/s1. The van der Waals surface area contributed by atoms with Crippen LogP contribution in [0.2, 0.25) is 5.02 Å². The molecule has 0 unspecified atom stereocenters. The fraction of sp³-hybridized carbons (Fsp3) is 0.409. The van der Waals surface area contributed by atoms with Crippen LogP contribution in [0.15, 0.2) is 36.5 Å². The molecule has 2 aliphatic rings. The lowest BCUT2D eigenvalue weighted by atomic mass is 9.95. The summed E-state index contributed by atoms with van der Waals surface area (Å²) in [5, 5.41) is 9.18. The van der Waals surface area contributed by atoms with Crippen LogP contribution in [-0.4, -0.2) is 53.2 Å². The Hall–Kier alpha value is -2.78. The first-order valence-corrected chi connectivity index (χ1v) is 10.7. The van der Waals surface area contributed by atoms with Crippen LogP contribution in [0.1, 0.15) is 17.8 Å². The van der Waals surface area contributed by atoms with Gasteiger partial charge < -0.3 is 14.4 Å². The molecule has 1 aliphatic carbocycles. The fourth-order valence-corrected chi connectivity index (χ4v) is 5.01. The van der Waals surface area contributed by atoms with E-state index in [4.69, 9.17) is 21.1 Å². The lowest BCUT2D eigenvalue weighted by Gasteiger charge is -2.23. The number of benzene rings is 1. The van der Waals surface area contributed by atoms with Crippen molar-refractivity contribution in [1.82, 2.24) is 19.7 Å². The van der Waals surface area contributed by atoms with Gasteiger partial charge in [-0.1, -0.05) is 17.7 Å². The molecule has 0 bridgehead atoms. The number of fused-ring (bicyclic) bond motifs is 1. The molecule has 2 fully saturated rings. The Labute approximate surface area is 188 Å². The van der Waals surface area contributed by atoms with Crippen LogP contribution in [0.5, 0.6) is 5.88 Å². The highest BCUT2D eigenvalue weighted by Gasteiger charge is 2.62. The third-order valence-corrected chi connectivity index (χ3v) is 6.56. The molecule has 2 aromatic heterocycles. The quantitative estimate of drug-likeness (QED) is 0.476. The van der Waals surface area contributed by atoms with Crippen molar-refractivity contribution in [2.24, 2.45) is 5.92 Å². The van der Waals surface area contributed by atoms with Gasteiger partial charge >= 0.3 is 0 Å². The summed E-state index contributed by atoms with van der Waals surface area (Å²) in [6, 6.07) is 8.23. The van der Waals surface area contributed by atoms with E-state index < -0.39 is 6.67 Å². The maximum atomic E-state index is 13.6. The summed E-state index contributed by atoms with van der Waals surface area (Å²) >= 11 is 6.39. The van der Waals surface area contributed by atoms with Crippen LogP contribution in [0, 0.1) is 11.7 Å². The summed E-state index contributed by atoms with van der Waals surface area (Å²) < 4.78 is 38.5. The van der Waals surface area contributed by atoms with E-state index in [1.807, 2.05) is 10.6 Å². The summed E-state index contributed by atoms with van der Waals surface area (Å²) in [4.78, 5) is 6.45. The molecule has 1 aliphatic heterocycles. The fourth-order valence-electron chi connectivity index (χ4n) is 4.66. The van der Waals surface area contributed by atoms with Crippen molar-refractivity contribution in [3.63, 3.8) is 0 Å². The molecule has 10 heteroatoms. The first-order chi connectivity index (χ1) is 15.6. The first kappa shape index (κ1) is 21.1. The monoisotopic (exact) mass is 461 g/mol. The number of nitrogens with zero attached hydrogens (tertiary/aromatic N) is 5. The zero-order valence-corrected chi connectivity index (χ0v) is 18.2. The van der Waals surface area contributed by atoms with Crippen LogP contribution in [0.3, 0.4) is 0 Å². The molecule has 3 heterocycles. The van der Waals surface area contributed by atoms with Crippen molar-refractivity contribution in [1.29, 1.82) is 0 Å². The van der Waals surface area contributed by atoms with Gasteiger partial charge in [-0.05, 0) is 36.1 Å². The topological polar surface area (TPSA) is 65.3 Å². The molecular weight excluding hydrogens is 440 g/mol. The number of piperidine rings is 1. The van der Waals surface area contributed by atoms with Gasteiger partial charge in [0.05, 0.1) is 25.6 Å². The van der Waals surface area contributed by atoms with Crippen LogP contribution in [-0.2, 0) is 16.8 Å². The average Bonchev–Trinajstić information content (AvgIpc) is 3.14. The van der Waals surface area contributed by atoms with Crippen molar-refractivity contribution >= 4 is 17.5 Å². The second-order valence-electron chi connectivity index (χ2n) is 8.11. The van der Waals surface area contributed by atoms with Gasteiger partial charge in [-0.2, -0.15) is 0 Å². The van der Waals surface area contributed by atoms with E-state index in [0.29, 0.717) is 35.1 Å². The number of anilines is 1. The van der Waals surface area contributed by atoms with Crippen LogP contribution in [0.4, 0.5) is 14.7 Å². The smallest absolute Gasteiger partial charge is 0.232 e. The summed E-state index contributed by atoms with van der Waals surface area (Å²) in [7, 11) is 1.55. The number of aromatic nitrogens is 4. The number of halogens is 3. The zero-order valence-electron chi connectivity index (χ0n) is 17.5. The summed E-state index contributed by atoms with van der Waals surface area (Å²) in [5.41, 5.74) is 1.60. The predicted molar refractivity (Wildman–Crippen MR) is 115 cm³/mol. The largest absolute Gasteiger partial charge is 0.481 e. The molecule has 3 aromatic rings. The number of rotatable bonds is 8. The van der Waals surface area contributed by atoms with E-state index >= 15 is 0 Å². The Bertz CT molecular complexity index is 1130. The Kier molecular flexibility index (Phi) is 5.46. The van der Waals surface area contributed by atoms with E-state index in [1.54, 1.807) is 25.4 Å². The Morgan fingerprint density at radius 2 is 2.12 bits per heavy atom. The maximum Gasteiger partial charge on any atom is 0.232 e. The van der Waals surface area contributed by atoms with Gasteiger partial charge in [-0.25, -0.2) is 13.8 Å². The second kappa shape index (κ2) is 8.29. The van der Waals surface area contributed by atoms with Crippen molar-refractivity contribution in [3.05, 3.63) is 58.8 Å². The Morgan fingerprint density at radius 3 is 2.84 bits per heavy atom. The number of pyridine rings is 1. The molecule has 168 valence electrons.